The van der Waals surface area contributed by atoms with Crippen molar-refractivity contribution in [3.8, 4) is 6.07 Å². The molecule has 116 valence electrons. The molecule has 1 aliphatic rings. The van der Waals surface area contributed by atoms with Crippen molar-refractivity contribution in [2.75, 3.05) is 32.8 Å². The van der Waals surface area contributed by atoms with Crippen LogP contribution in [-0.4, -0.2) is 43.8 Å². The third kappa shape index (κ3) is 7.23. The lowest BCUT2D eigenvalue weighted by Gasteiger charge is -2.32. The largest absolute Gasteiger partial charge is 0.378 e. The summed E-state index contributed by atoms with van der Waals surface area (Å²) in [4.78, 5) is 2.53. The van der Waals surface area contributed by atoms with Gasteiger partial charge in [-0.15, -0.1) is 0 Å². The van der Waals surface area contributed by atoms with Gasteiger partial charge in [0.25, 0.3) is 0 Å². The summed E-state index contributed by atoms with van der Waals surface area (Å²) in [6, 6.07) is 2.37. The number of piperidine rings is 1. The molecule has 0 atom stereocenters. The molecule has 1 aliphatic heterocycles. The van der Waals surface area contributed by atoms with Crippen LogP contribution in [0.3, 0.4) is 0 Å². The van der Waals surface area contributed by atoms with E-state index in [1.54, 1.807) is 0 Å². The summed E-state index contributed by atoms with van der Waals surface area (Å²) in [7, 11) is 0. The van der Waals surface area contributed by atoms with Crippen molar-refractivity contribution in [2.45, 2.75) is 58.5 Å². The fraction of sp³-hybridized carbons (Fsp3) is 0.938. The van der Waals surface area contributed by atoms with Crippen molar-refractivity contribution < 1.29 is 4.74 Å². The lowest BCUT2D eigenvalue weighted by molar-refractivity contribution is 0.00695. The third-order valence-electron chi connectivity index (χ3n) is 4.07. The monoisotopic (exact) mass is 281 g/mol. The van der Waals surface area contributed by atoms with Crippen LogP contribution in [0, 0.1) is 16.7 Å². The summed E-state index contributed by atoms with van der Waals surface area (Å²) < 4.78 is 5.81. The molecule has 4 nitrogen and oxygen atoms in total. The van der Waals surface area contributed by atoms with Crippen LogP contribution >= 0.6 is 0 Å². The highest BCUT2D eigenvalue weighted by molar-refractivity contribution is 4.91. The Bertz CT molecular complexity index is 291. The van der Waals surface area contributed by atoms with Gasteiger partial charge in [-0.3, -0.25) is 0 Å². The Hall–Kier alpha value is -0.630. The SMILES string of the molecule is CC(C)(C#N)CCCCN1CCC(OCCCN)CC1. The van der Waals surface area contributed by atoms with Gasteiger partial charge in [0.15, 0.2) is 0 Å². The second-order valence-electron chi connectivity index (χ2n) is 6.51. The van der Waals surface area contributed by atoms with E-state index in [0.717, 1.165) is 64.9 Å². The first-order chi connectivity index (χ1) is 9.57. The number of nitrogens with two attached hydrogens (primary N) is 1. The van der Waals surface area contributed by atoms with Crippen LogP contribution < -0.4 is 5.73 Å². The first-order valence-electron chi connectivity index (χ1n) is 8.02. The standard InChI is InChI=1S/C16H31N3O/c1-16(2,14-18)8-3-4-10-19-11-6-15(7-12-19)20-13-5-9-17/h15H,3-13,17H2,1-2H3. The topological polar surface area (TPSA) is 62.3 Å². The van der Waals surface area contributed by atoms with E-state index < -0.39 is 0 Å². The summed E-state index contributed by atoms with van der Waals surface area (Å²) >= 11 is 0. The van der Waals surface area contributed by atoms with E-state index in [1.165, 1.54) is 6.42 Å². The molecule has 1 rings (SSSR count). The van der Waals surface area contributed by atoms with Gasteiger partial charge in [0.05, 0.1) is 17.6 Å². The molecule has 0 unspecified atom stereocenters. The number of hydrogen-bond acceptors (Lipinski definition) is 4. The van der Waals surface area contributed by atoms with E-state index in [1.807, 2.05) is 13.8 Å². The molecule has 2 N–H and O–H groups in total. The molecule has 4 heteroatoms. The molecule has 0 aromatic heterocycles. The van der Waals surface area contributed by atoms with E-state index in [9.17, 15) is 0 Å². The van der Waals surface area contributed by atoms with Gasteiger partial charge in [0, 0.05) is 19.7 Å². The van der Waals surface area contributed by atoms with Crippen molar-refractivity contribution in [3.63, 3.8) is 0 Å². The van der Waals surface area contributed by atoms with Gasteiger partial charge in [0.2, 0.25) is 0 Å². The zero-order valence-corrected chi connectivity index (χ0v) is 13.2. The maximum atomic E-state index is 8.98. The number of hydrogen-bond donors (Lipinski definition) is 1. The molecule has 1 fully saturated rings. The Morgan fingerprint density at radius 3 is 2.55 bits per heavy atom. The van der Waals surface area contributed by atoms with Crippen molar-refractivity contribution >= 4 is 0 Å². The lowest BCUT2D eigenvalue weighted by atomic mass is 9.89. The minimum Gasteiger partial charge on any atom is -0.378 e. The highest BCUT2D eigenvalue weighted by atomic mass is 16.5. The smallest absolute Gasteiger partial charge is 0.0683 e. The van der Waals surface area contributed by atoms with E-state index in [4.69, 9.17) is 15.7 Å². The van der Waals surface area contributed by atoms with Gasteiger partial charge in [-0.1, -0.05) is 6.42 Å². The minimum absolute atomic E-state index is 0.163. The summed E-state index contributed by atoms with van der Waals surface area (Å²) in [5.41, 5.74) is 5.30. The molecule has 0 saturated carbocycles. The van der Waals surface area contributed by atoms with Crippen LogP contribution in [0.15, 0.2) is 0 Å². The molecule has 0 aromatic rings. The zero-order valence-electron chi connectivity index (χ0n) is 13.2. The van der Waals surface area contributed by atoms with Crippen LogP contribution in [0.1, 0.15) is 52.4 Å². The zero-order chi connectivity index (χ0) is 14.8. The lowest BCUT2D eigenvalue weighted by Crippen LogP contribution is -2.37. The summed E-state index contributed by atoms with van der Waals surface area (Å²) in [6.45, 7) is 9.04. The van der Waals surface area contributed by atoms with Gasteiger partial charge in [-0.25, -0.2) is 0 Å². The first kappa shape index (κ1) is 17.4. The molecule has 0 radical (unpaired) electrons. The third-order valence-corrected chi connectivity index (χ3v) is 4.07. The van der Waals surface area contributed by atoms with E-state index in [2.05, 4.69) is 11.0 Å². The Balaban J connectivity index is 2.04. The molecule has 20 heavy (non-hydrogen) atoms. The number of likely N-dealkylation sites (tertiary alicyclic amines) is 1. The summed E-state index contributed by atoms with van der Waals surface area (Å²) in [5, 5.41) is 8.98. The highest BCUT2D eigenvalue weighted by Crippen LogP contribution is 2.22. The molecule has 1 saturated heterocycles. The van der Waals surface area contributed by atoms with Gasteiger partial charge in [-0.05, 0) is 59.0 Å². The average molecular weight is 281 g/mol. The number of rotatable bonds is 9. The van der Waals surface area contributed by atoms with E-state index in [-0.39, 0.29) is 5.41 Å². The van der Waals surface area contributed by atoms with Gasteiger partial charge in [-0.2, -0.15) is 5.26 Å². The van der Waals surface area contributed by atoms with Crippen LogP contribution in [0.5, 0.6) is 0 Å². The molecule has 0 amide bonds. The molecular weight excluding hydrogens is 250 g/mol. The number of ether oxygens (including phenoxy) is 1. The maximum absolute atomic E-state index is 8.98. The molecule has 0 aliphatic carbocycles. The van der Waals surface area contributed by atoms with Crippen LogP contribution in [0.2, 0.25) is 0 Å². The van der Waals surface area contributed by atoms with Crippen molar-refractivity contribution in [2.24, 2.45) is 11.1 Å². The molecule has 0 bridgehead atoms. The highest BCUT2D eigenvalue weighted by Gasteiger charge is 2.20. The molecule has 0 spiro atoms. The Morgan fingerprint density at radius 1 is 1.25 bits per heavy atom. The Labute approximate surface area is 124 Å². The summed E-state index contributed by atoms with van der Waals surface area (Å²) in [5.74, 6) is 0. The summed E-state index contributed by atoms with van der Waals surface area (Å²) in [6.07, 6.45) is 7.05. The fourth-order valence-corrected chi connectivity index (χ4v) is 2.59. The Morgan fingerprint density at radius 2 is 1.95 bits per heavy atom. The molecule has 1 heterocycles. The second kappa shape index (κ2) is 9.33. The quantitative estimate of drug-likeness (QED) is 0.660. The van der Waals surface area contributed by atoms with Gasteiger partial charge >= 0.3 is 0 Å². The Kier molecular flexibility index (Phi) is 8.13. The normalized spacial score (nSPS) is 18.1. The van der Waals surface area contributed by atoms with Gasteiger partial charge < -0.3 is 15.4 Å². The average Bonchev–Trinajstić information content (AvgIpc) is 2.45. The number of unbranched alkanes of at least 4 members (excludes halogenated alkanes) is 1. The number of nitriles is 1. The van der Waals surface area contributed by atoms with E-state index >= 15 is 0 Å². The van der Waals surface area contributed by atoms with E-state index in [0.29, 0.717) is 6.10 Å². The van der Waals surface area contributed by atoms with Crippen molar-refractivity contribution in [1.82, 2.24) is 4.90 Å². The van der Waals surface area contributed by atoms with Crippen LogP contribution in [0.25, 0.3) is 0 Å². The predicted octanol–water partition coefficient (Wildman–Crippen LogP) is 2.54. The molecule has 0 aromatic carbocycles. The predicted molar refractivity (Wildman–Crippen MR) is 82.3 cm³/mol. The fourth-order valence-electron chi connectivity index (χ4n) is 2.59. The van der Waals surface area contributed by atoms with Crippen molar-refractivity contribution in [3.05, 3.63) is 0 Å². The molecular formula is C16H31N3O. The van der Waals surface area contributed by atoms with Gasteiger partial charge in [0.1, 0.15) is 0 Å². The van der Waals surface area contributed by atoms with Crippen LogP contribution in [-0.2, 0) is 4.74 Å². The van der Waals surface area contributed by atoms with Crippen molar-refractivity contribution in [1.29, 1.82) is 5.26 Å². The van der Waals surface area contributed by atoms with Crippen LogP contribution in [0.4, 0.5) is 0 Å². The first-order valence-corrected chi connectivity index (χ1v) is 8.02. The number of nitrogens with zero attached hydrogens (tertiary/aromatic N) is 2. The second-order valence-corrected chi connectivity index (χ2v) is 6.51. The minimum atomic E-state index is -0.163. The maximum Gasteiger partial charge on any atom is 0.0683 e.